The summed E-state index contributed by atoms with van der Waals surface area (Å²) in [4.78, 5) is 10.7. The van der Waals surface area contributed by atoms with Gasteiger partial charge in [0.2, 0.25) is 5.75 Å². The molecule has 0 unspecified atom stereocenters. The van der Waals surface area contributed by atoms with Gasteiger partial charge in [-0.3, -0.25) is 4.79 Å². The van der Waals surface area contributed by atoms with Crippen LogP contribution >= 0.6 is 0 Å². The smallest absolute Gasteiger partial charge is 0.203 e. The number of rotatable bonds is 5. The first-order valence-corrected chi connectivity index (χ1v) is 6.20. The fraction of sp³-hybridized carbons (Fsp3) is 0.188. The minimum absolute atomic E-state index is 0.274. The summed E-state index contributed by atoms with van der Waals surface area (Å²) in [5.41, 5.74) is 1.11. The zero-order valence-electron chi connectivity index (χ0n) is 12.0. The van der Waals surface area contributed by atoms with Crippen molar-refractivity contribution >= 4 is 6.29 Å². The van der Waals surface area contributed by atoms with Crippen molar-refractivity contribution in [1.29, 1.82) is 0 Å². The maximum absolute atomic E-state index is 14.2. The van der Waals surface area contributed by atoms with E-state index in [0.717, 1.165) is 0 Å². The lowest BCUT2D eigenvalue weighted by Gasteiger charge is -2.16. The van der Waals surface area contributed by atoms with Gasteiger partial charge in [-0.05, 0) is 18.2 Å². The largest absolute Gasteiger partial charge is 0.493 e. The Balaban J connectivity index is 2.66. The molecule has 0 aliphatic carbocycles. The van der Waals surface area contributed by atoms with Crippen molar-refractivity contribution in [3.8, 4) is 28.4 Å². The summed E-state index contributed by atoms with van der Waals surface area (Å²) in [6.07, 6.45) is 0.596. The van der Waals surface area contributed by atoms with E-state index in [9.17, 15) is 9.18 Å². The average Bonchev–Trinajstić information content (AvgIpc) is 2.53. The number of aldehydes is 1. The van der Waals surface area contributed by atoms with Crippen LogP contribution in [0.25, 0.3) is 11.1 Å². The topological polar surface area (TPSA) is 44.8 Å². The number of benzene rings is 2. The second kappa shape index (κ2) is 6.26. The molecule has 0 aromatic heterocycles. The molecule has 0 aliphatic heterocycles. The summed E-state index contributed by atoms with van der Waals surface area (Å²) in [6, 6.07) is 7.60. The molecule has 0 fully saturated rings. The van der Waals surface area contributed by atoms with Crippen LogP contribution in [-0.2, 0) is 0 Å². The second-order valence-electron chi connectivity index (χ2n) is 4.24. The fourth-order valence-electron chi connectivity index (χ4n) is 2.14. The molecule has 4 nitrogen and oxygen atoms in total. The molecule has 0 N–H and O–H groups in total. The van der Waals surface area contributed by atoms with Gasteiger partial charge in [0, 0.05) is 16.7 Å². The van der Waals surface area contributed by atoms with Crippen LogP contribution in [0.5, 0.6) is 17.2 Å². The summed E-state index contributed by atoms with van der Waals surface area (Å²) in [7, 11) is 4.46. The lowest BCUT2D eigenvalue weighted by molar-refractivity contribution is 0.112. The van der Waals surface area contributed by atoms with Crippen molar-refractivity contribution in [3.05, 3.63) is 41.7 Å². The third-order valence-corrected chi connectivity index (χ3v) is 3.12. The Kier molecular flexibility index (Phi) is 4.42. The van der Waals surface area contributed by atoms with Crippen LogP contribution in [0.4, 0.5) is 4.39 Å². The van der Waals surface area contributed by atoms with Gasteiger partial charge in [-0.25, -0.2) is 4.39 Å². The zero-order chi connectivity index (χ0) is 15.4. The van der Waals surface area contributed by atoms with Gasteiger partial charge in [0.15, 0.2) is 11.5 Å². The summed E-state index contributed by atoms with van der Waals surface area (Å²) in [5.74, 6) is 0.735. The van der Waals surface area contributed by atoms with Gasteiger partial charge in [0.05, 0.1) is 21.3 Å². The van der Waals surface area contributed by atoms with Crippen LogP contribution < -0.4 is 14.2 Å². The molecule has 5 heteroatoms. The van der Waals surface area contributed by atoms with Crippen LogP contribution in [0.1, 0.15) is 10.4 Å². The Labute approximate surface area is 122 Å². The van der Waals surface area contributed by atoms with Gasteiger partial charge in [0.25, 0.3) is 0 Å². The van der Waals surface area contributed by atoms with Crippen LogP contribution in [0.2, 0.25) is 0 Å². The molecule has 0 radical (unpaired) electrons. The molecule has 0 saturated carbocycles. The van der Waals surface area contributed by atoms with E-state index in [2.05, 4.69) is 0 Å². The molecule has 0 spiro atoms. The highest BCUT2D eigenvalue weighted by Crippen LogP contribution is 2.44. The molecule has 0 atom stereocenters. The molecule has 110 valence electrons. The van der Waals surface area contributed by atoms with E-state index in [1.165, 1.54) is 33.5 Å². The number of halogens is 1. The predicted octanol–water partition coefficient (Wildman–Crippen LogP) is 3.33. The van der Waals surface area contributed by atoms with Crippen LogP contribution in [0.3, 0.4) is 0 Å². The highest BCUT2D eigenvalue weighted by molar-refractivity contribution is 5.80. The number of carbonyl (C=O) groups excluding carboxylic acids is 1. The second-order valence-corrected chi connectivity index (χ2v) is 4.24. The molecular weight excluding hydrogens is 275 g/mol. The van der Waals surface area contributed by atoms with Crippen LogP contribution in [0, 0.1) is 5.82 Å². The molecule has 0 saturated heterocycles. The Morgan fingerprint density at radius 1 is 0.905 bits per heavy atom. The van der Waals surface area contributed by atoms with Gasteiger partial charge < -0.3 is 14.2 Å². The molecule has 21 heavy (non-hydrogen) atoms. The predicted molar refractivity (Wildman–Crippen MR) is 76.9 cm³/mol. The molecule has 0 heterocycles. The first-order chi connectivity index (χ1) is 10.2. The molecule has 2 rings (SSSR count). The Hall–Kier alpha value is -2.56. The van der Waals surface area contributed by atoms with E-state index in [1.54, 1.807) is 18.2 Å². The summed E-state index contributed by atoms with van der Waals surface area (Å²) < 4.78 is 30.0. The monoisotopic (exact) mass is 290 g/mol. The molecular formula is C16H15FO4. The van der Waals surface area contributed by atoms with E-state index in [-0.39, 0.29) is 5.56 Å². The fourth-order valence-corrected chi connectivity index (χ4v) is 2.14. The maximum atomic E-state index is 14.2. The van der Waals surface area contributed by atoms with E-state index < -0.39 is 5.82 Å². The van der Waals surface area contributed by atoms with E-state index in [0.29, 0.717) is 34.7 Å². The third-order valence-electron chi connectivity index (χ3n) is 3.12. The number of carbonyl (C=O) groups is 1. The van der Waals surface area contributed by atoms with E-state index in [1.807, 2.05) is 0 Å². The van der Waals surface area contributed by atoms with Crippen LogP contribution in [0.15, 0.2) is 30.3 Å². The van der Waals surface area contributed by atoms with Crippen molar-refractivity contribution in [2.75, 3.05) is 21.3 Å². The molecule has 0 aliphatic rings. The molecule has 0 bridgehead atoms. The lowest BCUT2D eigenvalue weighted by Crippen LogP contribution is -1.98. The van der Waals surface area contributed by atoms with Gasteiger partial charge >= 0.3 is 0 Å². The minimum atomic E-state index is -0.509. The summed E-state index contributed by atoms with van der Waals surface area (Å²) in [5, 5.41) is 0. The third kappa shape index (κ3) is 2.67. The standard InChI is InChI=1S/C16H15FO4/c1-19-14-7-6-12(15(20-2)16(14)21-3)11-5-4-10(9-18)8-13(11)17/h4-9H,1-3H3. The highest BCUT2D eigenvalue weighted by Gasteiger charge is 2.19. The minimum Gasteiger partial charge on any atom is -0.493 e. The quantitative estimate of drug-likeness (QED) is 0.792. The first-order valence-electron chi connectivity index (χ1n) is 6.20. The SMILES string of the molecule is COc1ccc(-c2ccc(C=O)cc2F)c(OC)c1OC. The maximum Gasteiger partial charge on any atom is 0.203 e. The zero-order valence-corrected chi connectivity index (χ0v) is 12.0. The number of hydrogen-bond donors (Lipinski definition) is 0. The average molecular weight is 290 g/mol. The van der Waals surface area contributed by atoms with Crippen LogP contribution in [-0.4, -0.2) is 27.6 Å². The number of hydrogen-bond acceptors (Lipinski definition) is 4. The van der Waals surface area contributed by atoms with Gasteiger partial charge in [0.1, 0.15) is 12.1 Å². The summed E-state index contributed by atoms with van der Waals surface area (Å²) in [6.45, 7) is 0. The molecule has 0 amide bonds. The van der Waals surface area contributed by atoms with Crippen molar-refractivity contribution in [2.24, 2.45) is 0 Å². The lowest BCUT2D eigenvalue weighted by atomic mass is 10.0. The Bertz CT molecular complexity index is 668. The van der Waals surface area contributed by atoms with Gasteiger partial charge in [-0.15, -0.1) is 0 Å². The first kappa shape index (κ1) is 14.8. The van der Waals surface area contributed by atoms with E-state index >= 15 is 0 Å². The molecule has 2 aromatic rings. The highest BCUT2D eigenvalue weighted by atomic mass is 19.1. The normalized spacial score (nSPS) is 10.1. The number of ether oxygens (including phenoxy) is 3. The van der Waals surface area contributed by atoms with Crippen molar-refractivity contribution in [1.82, 2.24) is 0 Å². The van der Waals surface area contributed by atoms with E-state index in [4.69, 9.17) is 14.2 Å². The Morgan fingerprint density at radius 2 is 1.57 bits per heavy atom. The van der Waals surface area contributed by atoms with Crippen molar-refractivity contribution < 1.29 is 23.4 Å². The van der Waals surface area contributed by atoms with Gasteiger partial charge in [-0.1, -0.05) is 12.1 Å². The molecule has 2 aromatic carbocycles. The van der Waals surface area contributed by atoms with Crippen molar-refractivity contribution in [3.63, 3.8) is 0 Å². The summed E-state index contributed by atoms with van der Waals surface area (Å²) >= 11 is 0. The Morgan fingerprint density at radius 3 is 2.10 bits per heavy atom. The van der Waals surface area contributed by atoms with Crippen molar-refractivity contribution in [2.45, 2.75) is 0 Å². The number of methoxy groups -OCH3 is 3. The van der Waals surface area contributed by atoms with Gasteiger partial charge in [-0.2, -0.15) is 0 Å².